The number of ether oxygens (including phenoxy) is 1. The van der Waals surface area contributed by atoms with Crippen molar-refractivity contribution in [3.63, 3.8) is 0 Å². The van der Waals surface area contributed by atoms with Gasteiger partial charge in [0.25, 0.3) is 5.91 Å². The van der Waals surface area contributed by atoms with Gasteiger partial charge in [0.2, 0.25) is 0 Å². The first-order valence-electron chi connectivity index (χ1n) is 8.24. The molecule has 0 unspecified atom stereocenters. The predicted molar refractivity (Wildman–Crippen MR) is 94.4 cm³/mol. The molecule has 7 heteroatoms. The third-order valence-electron chi connectivity index (χ3n) is 4.23. The van der Waals surface area contributed by atoms with E-state index in [2.05, 4.69) is 15.3 Å². The minimum atomic E-state index is -0.482. The smallest absolute Gasteiger partial charge is 0.316 e. The number of hydrogen-bond acceptors (Lipinski definition) is 5. The summed E-state index contributed by atoms with van der Waals surface area (Å²) in [5, 5.41) is 3.11. The molecule has 0 radical (unpaired) electrons. The van der Waals surface area contributed by atoms with Gasteiger partial charge in [0, 0.05) is 10.9 Å². The van der Waals surface area contributed by atoms with Gasteiger partial charge in [0.15, 0.2) is 5.82 Å². The van der Waals surface area contributed by atoms with Gasteiger partial charge in [-0.05, 0) is 44.1 Å². The Morgan fingerprint density at radius 3 is 2.56 bits per heavy atom. The Labute approximate surface area is 150 Å². The number of amides is 1. The maximum atomic E-state index is 12.8. The summed E-state index contributed by atoms with van der Waals surface area (Å²) >= 11 is 1.57. The van der Waals surface area contributed by atoms with Crippen LogP contribution < -0.4 is 10.1 Å². The largest absolute Gasteiger partial charge is 0.460 e. The van der Waals surface area contributed by atoms with Gasteiger partial charge < -0.3 is 10.1 Å². The van der Waals surface area contributed by atoms with E-state index in [1.807, 2.05) is 30.5 Å². The number of nitrogens with one attached hydrogen (secondary N) is 1. The Bertz CT molecular complexity index is 719. The molecule has 1 aliphatic carbocycles. The maximum absolute atomic E-state index is 12.8. The lowest BCUT2D eigenvalue weighted by atomic mass is 9.92. The van der Waals surface area contributed by atoms with Crippen molar-refractivity contribution in [2.45, 2.75) is 42.7 Å². The second-order valence-corrected chi connectivity index (χ2v) is 6.80. The van der Waals surface area contributed by atoms with Crippen LogP contribution in [0.4, 0.5) is 4.39 Å². The van der Waals surface area contributed by atoms with Crippen LogP contribution in [0.3, 0.4) is 0 Å². The predicted octanol–water partition coefficient (Wildman–Crippen LogP) is 3.46. The fourth-order valence-electron chi connectivity index (χ4n) is 2.93. The number of halogens is 1. The van der Waals surface area contributed by atoms with Crippen molar-refractivity contribution in [3.05, 3.63) is 48.0 Å². The van der Waals surface area contributed by atoms with E-state index in [1.54, 1.807) is 11.8 Å². The summed E-state index contributed by atoms with van der Waals surface area (Å²) in [5.41, 5.74) is 0.716. The first-order chi connectivity index (χ1) is 12.2. The lowest BCUT2D eigenvalue weighted by Gasteiger charge is -2.29. The lowest BCUT2D eigenvalue weighted by Crippen LogP contribution is -2.40. The summed E-state index contributed by atoms with van der Waals surface area (Å²) in [6.07, 6.45) is 7.42. The highest BCUT2D eigenvalue weighted by Crippen LogP contribution is 2.24. The van der Waals surface area contributed by atoms with Gasteiger partial charge in [0.05, 0.1) is 18.0 Å². The molecular formula is C18H20FN3O2S. The average molecular weight is 361 g/mol. The van der Waals surface area contributed by atoms with Crippen molar-refractivity contribution in [3.8, 4) is 6.01 Å². The van der Waals surface area contributed by atoms with Gasteiger partial charge >= 0.3 is 6.01 Å². The highest BCUT2D eigenvalue weighted by molar-refractivity contribution is 7.98. The highest BCUT2D eigenvalue weighted by Gasteiger charge is 2.25. The maximum Gasteiger partial charge on any atom is 0.316 e. The fraction of sp³-hybridized carbons (Fsp3) is 0.389. The van der Waals surface area contributed by atoms with Gasteiger partial charge in [-0.1, -0.05) is 12.1 Å². The zero-order valence-electron chi connectivity index (χ0n) is 13.9. The van der Waals surface area contributed by atoms with Gasteiger partial charge in [-0.3, -0.25) is 4.79 Å². The Hall–Kier alpha value is -2.15. The third kappa shape index (κ3) is 4.69. The summed E-state index contributed by atoms with van der Waals surface area (Å²) in [6.45, 7) is 0. The first kappa shape index (κ1) is 17.7. The molecule has 0 saturated heterocycles. The summed E-state index contributed by atoms with van der Waals surface area (Å²) in [6, 6.07) is 7.94. The molecule has 0 atom stereocenters. The number of rotatable bonds is 5. The first-order valence-corrected chi connectivity index (χ1v) is 9.46. The Balaban J connectivity index is 1.50. The van der Waals surface area contributed by atoms with E-state index in [0.717, 1.165) is 43.0 Å². The van der Waals surface area contributed by atoms with E-state index in [0.29, 0.717) is 5.56 Å². The second-order valence-electron chi connectivity index (χ2n) is 5.95. The summed E-state index contributed by atoms with van der Waals surface area (Å²) in [7, 11) is 0. The summed E-state index contributed by atoms with van der Waals surface area (Å²) < 4.78 is 18.5. The number of carbonyl (C=O) groups excluding carboxylic acids is 1. The normalized spacial score (nSPS) is 20.1. The molecule has 1 amide bonds. The van der Waals surface area contributed by atoms with E-state index in [1.165, 1.54) is 0 Å². The van der Waals surface area contributed by atoms with Crippen LogP contribution in [0.2, 0.25) is 0 Å². The molecule has 0 aliphatic heterocycles. The van der Waals surface area contributed by atoms with Crippen LogP contribution in [0.25, 0.3) is 0 Å². The summed E-state index contributed by atoms with van der Waals surface area (Å²) in [4.78, 5) is 21.1. The quantitative estimate of drug-likeness (QED) is 0.827. The van der Waals surface area contributed by atoms with Crippen LogP contribution >= 0.6 is 11.8 Å². The average Bonchev–Trinajstić information content (AvgIpc) is 2.65. The van der Waals surface area contributed by atoms with Crippen LogP contribution in [-0.2, 0) is 0 Å². The van der Waals surface area contributed by atoms with E-state index in [-0.39, 0.29) is 24.1 Å². The third-order valence-corrected chi connectivity index (χ3v) is 5.03. The molecule has 132 valence electrons. The van der Waals surface area contributed by atoms with Crippen LogP contribution in [0.1, 0.15) is 36.0 Å². The van der Waals surface area contributed by atoms with Crippen molar-refractivity contribution in [1.82, 2.24) is 15.3 Å². The molecule has 1 aromatic heterocycles. The number of nitrogens with zero attached hydrogens (tertiary/aromatic N) is 2. The van der Waals surface area contributed by atoms with Crippen molar-refractivity contribution in [1.29, 1.82) is 0 Å². The molecule has 1 N–H and O–H groups in total. The van der Waals surface area contributed by atoms with Crippen LogP contribution in [0.15, 0.2) is 41.6 Å². The number of aromatic nitrogens is 2. The highest BCUT2D eigenvalue weighted by atomic mass is 32.2. The van der Waals surface area contributed by atoms with Crippen LogP contribution in [0, 0.1) is 5.82 Å². The summed E-state index contributed by atoms with van der Waals surface area (Å²) in [5.74, 6) is -0.513. The molecule has 1 saturated carbocycles. The Kier molecular flexibility index (Phi) is 5.86. The minimum Gasteiger partial charge on any atom is -0.460 e. The topological polar surface area (TPSA) is 64.1 Å². The van der Waals surface area contributed by atoms with Gasteiger partial charge in [-0.15, -0.1) is 11.8 Å². The molecule has 2 aromatic rings. The molecule has 1 aromatic carbocycles. The SMILES string of the molecule is CSc1ccccc1C(=O)NC1CCC(Oc2ncc(F)cn2)CC1. The molecule has 0 spiro atoms. The van der Waals surface area contributed by atoms with E-state index in [4.69, 9.17) is 4.74 Å². The van der Waals surface area contributed by atoms with E-state index >= 15 is 0 Å². The van der Waals surface area contributed by atoms with E-state index in [9.17, 15) is 9.18 Å². The molecule has 0 bridgehead atoms. The molecule has 5 nitrogen and oxygen atoms in total. The fourth-order valence-corrected chi connectivity index (χ4v) is 3.53. The number of hydrogen-bond donors (Lipinski definition) is 1. The zero-order chi connectivity index (χ0) is 17.6. The molecule has 25 heavy (non-hydrogen) atoms. The van der Waals surface area contributed by atoms with Gasteiger partial charge in [-0.25, -0.2) is 14.4 Å². The van der Waals surface area contributed by atoms with Gasteiger partial charge in [0.1, 0.15) is 6.10 Å². The second kappa shape index (κ2) is 8.29. The van der Waals surface area contributed by atoms with Crippen LogP contribution in [0.5, 0.6) is 6.01 Å². The van der Waals surface area contributed by atoms with E-state index < -0.39 is 5.82 Å². The van der Waals surface area contributed by atoms with Gasteiger partial charge in [-0.2, -0.15) is 0 Å². The number of thioether (sulfide) groups is 1. The molecule has 1 heterocycles. The van der Waals surface area contributed by atoms with Crippen molar-refractivity contribution >= 4 is 17.7 Å². The monoisotopic (exact) mass is 361 g/mol. The van der Waals surface area contributed by atoms with Crippen molar-refractivity contribution < 1.29 is 13.9 Å². The molecular weight excluding hydrogens is 341 g/mol. The minimum absolute atomic E-state index is 0.00269. The Morgan fingerprint density at radius 1 is 1.20 bits per heavy atom. The lowest BCUT2D eigenvalue weighted by molar-refractivity contribution is 0.0882. The zero-order valence-corrected chi connectivity index (χ0v) is 14.8. The van der Waals surface area contributed by atoms with Crippen LogP contribution in [-0.4, -0.2) is 34.3 Å². The number of carbonyl (C=O) groups is 1. The Morgan fingerprint density at radius 2 is 1.88 bits per heavy atom. The molecule has 1 fully saturated rings. The molecule has 3 rings (SSSR count). The standard InChI is InChI=1S/C18H20FN3O2S/c1-25-16-5-3-2-4-15(16)17(23)22-13-6-8-14(9-7-13)24-18-20-10-12(19)11-21-18/h2-5,10-11,13-14H,6-9H2,1H3,(H,22,23). The van der Waals surface area contributed by atoms with Crippen molar-refractivity contribution in [2.24, 2.45) is 0 Å². The van der Waals surface area contributed by atoms with Crippen molar-refractivity contribution in [2.75, 3.05) is 6.26 Å². The number of benzene rings is 1. The molecule has 1 aliphatic rings.